The molecule has 0 unspecified atom stereocenters. The molecule has 1 saturated heterocycles. The Morgan fingerprint density at radius 1 is 1.07 bits per heavy atom. The minimum absolute atomic E-state index is 0.0145. The quantitative estimate of drug-likeness (QED) is 0.492. The fourth-order valence-electron chi connectivity index (χ4n) is 2.57. The average Bonchev–Trinajstić information content (AvgIpc) is 2.89. The summed E-state index contributed by atoms with van der Waals surface area (Å²) in [6, 6.07) is 8.16. The Balaban J connectivity index is 2.27. The summed E-state index contributed by atoms with van der Waals surface area (Å²) >= 11 is 2.66. The van der Waals surface area contributed by atoms with Gasteiger partial charge in [-0.2, -0.15) is 4.39 Å². The number of carbonyl (C=O) groups is 3. The van der Waals surface area contributed by atoms with Crippen molar-refractivity contribution in [2.75, 3.05) is 0 Å². The van der Waals surface area contributed by atoms with E-state index < -0.39 is 47.2 Å². The molecule has 0 radical (unpaired) electrons. The van der Waals surface area contributed by atoms with E-state index in [9.17, 15) is 18.8 Å². The third-order valence-electron chi connectivity index (χ3n) is 3.61. The molecular formula is C18H18BrFO7. The van der Waals surface area contributed by atoms with E-state index in [2.05, 4.69) is 15.9 Å². The van der Waals surface area contributed by atoms with Crippen LogP contribution in [0.15, 0.2) is 41.1 Å². The van der Waals surface area contributed by atoms with E-state index in [0.717, 1.165) is 19.9 Å². The van der Waals surface area contributed by atoms with Gasteiger partial charge in [0.1, 0.15) is 6.10 Å². The van der Waals surface area contributed by atoms with Gasteiger partial charge in [0.05, 0.1) is 5.56 Å². The molecule has 0 N–H and O–H groups in total. The second-order valence-corrected chi connectivity index (χ2v) is 6.45. The van der Waals surface area contributed by atoms with Gasteiger partial charge in [-0.25, -0.2) is 4.79 Å². The van der Waals surface area contributed by atoms with Gasteiger partial charge in [0.25, 0.3) is 0 Å². The lowest BCUT2D eigenvalue weighted by Gasteiger charge is -2.23. The molecule has 7 nitrogen and oxygen atoms in total. The topological polar surface area (TPSA) is 88.1 Å². The summed E-state index contributed by atoms with van der Waals surface area (Å²) in [6.07, 6.45) is -3.31. The number of benzene rings is 1. The normalized spacial score (nSPS) is 25.0. The zero-order valence-electron chi connectivity index (χ0n) is 14.6. The number of rotatable bonds is 6. The largest absolute Gasteiger partial charge is 0.452 e. The highest BCUT2D eigenvalue weighted by molar-refractivity contribution is 9.11. The second-order valence-electron chi connectivity index (χ2n) is 5.69. The smallest absolute Gasteiger partial charge is 0.338 e. The van der Waals surface area contributed by atoms with Crippen molar-refractivity contribution >= 4 is 33.8 Å². The number of hydrogen-bond acceptors (Lipinski definition) is 7. The predicted octanol–water partition coefficient (Wildman–Crippen LogP) is 3.03. The molecular weight excluding hydrogens is 427 g/mol. The molecule has 1 fully saturated rings. The Bertz CT molecular complexity index is 718. The number of halogens is 2. The maximum atomic E-state index is 13.1. The van der Waals surface area contributed by atoms with Crippen LogP contribution < -0.4 is 0 Å². The fraction of sp³-hybridized carbons (Fsp3) is 0.389. The first-order valence-electron chi connectivity index (χ1n) is 8.05. The lowest BCUT2D eigenvalue weighted by atomic mass is 10.1. The molecule has 146 valence electrons. The highest BCUT2D eigenvalue weighted by atomic mass is 79.9. The average molecular weight is 445 g/mol. The third kappa shape index (κ3) is 6.14. The molecule has 1 heterocycles. The van der Waals surface area contributed by atoms with E-state index in [-0.39, 0.29) is 12.0 Å². The van der Waals surface area contributed by atoms with Gasteiger partial charge in [-0.3, -0.25) is 9.59 Å². The van der Waals surface area contributed by atoms with Crippen LogP contribution in [0.1, 0.15) is 30.6 Å². The van der Waals surface area contributed by atoms with Crippen molar-refractivity contribution in [1.29, 1.82) is 0 Å². The van der Waals surface area contributed by atoms with Crippen LogP contribution in [0.3, 0.4) is 0 Å². The SMILES string of the molecule is CC(=O)O[C@@H]1O[C@H](C/C=C(/F)Br)[C@@H](OC(=O)c2ccccc2)[C@H]1OC(C)=O. The fourth-order valence-corrected chi connectivity index (χ4v) is 2.76. The molecule has 0 spiro atoms. The highest BCUT2D eigenvalue weighted by Crippen LogP contribution is 2.31. The summed E-state index contributed by atoms with van der Waals surface area (Å²) < 4.78 is 33.6. The minimum Gasteiger partial charge on any atom is -0.452 e. The van der Waals surface area contributed by atoms with Crippen molar-refractivity contribution in [1.82, 2.24) is 0 Å². The summed E-state index contributed by atoms with van der Waals surface area (Å²) in [5.74, 6) is -2.03. The molecule has 0 aromatic heterocycles. The zero-order chi connectivity index (χ0) is 20.0. The van der Waals surface area contributed by atoms with Crippen LogP contribution in [0.25, 0.3) is 0 Å². The van der Waals surface area contributed by atoms with E-state index in [4.69, 9.17) is 18.9 Å². The first-order chi connectivity index (χ1) is 12.8. The van der Waals surface area contributed by atoms with Crippen LogP contribution in [0.5, 0.6) is 0 Å². The lowest BCUT2D eigenvalue weighted by molar-refractivity contribution is -0.194. The summed E-state index contributed by atoms with van der Waals surface area (Å²) in [5, 5.41) is 0. The predicted molar refractivity (Wildman–Crippen MR) is 94.4 cm³/mol. The van der Waals surface area contributed by atoms with Crippen molar-refractivity contribution in [2.45, 2.75) is 44.9 Å². The maximum Gasteiger partial charge on any atom is 0.338 e. The molecule has 1 aliphatic rings. The zero-order valence-corrected chi connectivity index (χ0v) is 16.2. The molecule has 4 atom stereocenters. The Labute approximate surface area is 163 Å². The van der Waals surface area contributed by atoms with Crippen molar-refractivity contribution in [3.8, 4) is 0 Å². The monoisotopic (exact) mass is 444 g/mol. The molecule has 27 heavy (non-hydrogen) atoms. The van der Waals surface area contributed by atoms with E-state index in [0.29, 0.717) is 0 Å². The molecule has 1 aromatic carbocycles. The van der Waals surface area contributed by atoms with Gasteiger partial charge in [-0.15, -0.1) is 0 Å². The van der Waals surface area contributed by atoms with E-state index >= 15 is 0 Å². The lowest BCUT2D eigenvalue weighted by Crippen LogP contribution is -2.41. The second kappa shape index (κ2) is 9.61. The van der Waals surface area contributed by atoms with Crippen molar-refractivity contribution in [3.63, 3.8) is 0 Å². The molecule has 1 aliphatic heterocycles. The molecule has 2 rings (SSSR count). The van der Waals surface area contributed by atoms with Crippen LogP contribution in [-0.2, 0) is 28.5 Å². The summed E-state index contributed by atoms with van der Waals surface area (Å²) in [4.78, 5) is 35.2. The molecule has 0 amide bonds. The Kier molecular flexibility index (Phi) is 7.49. The van der Waals surface area contributed by atoms with Gasteiger partial charge < -0.3 is 18.9 Å². The summed E-state index contributed by atoms with van der Waals surface area (Å²) in [5.41, 5.74) is 0.274. The molecule has 9 heteroatoms. The Morgan fingerprint density at radius 2 is 1.70 bits per heavy atom. The summed E-state index contributed by atoms with van der Waals surface area (Å²) in [6.45, 7) is 2.32. The van der Waals surface area contributed by atoms with E-state index in [1.54, 1.807) is 30.3 Å². The number of hydrogen-bond donors (Lipinski definition) is 0. The van der Waals surface area contributed by atoms with Crippen LogP contribution in [-0.4, -0.2) is 42.5 Å². The maximum absolute atomic E-state index is 13.1. The first-order valence-corrected chi connectivity index (χ1v) is 8.84. The number of ether oxygens (including phenoxy) is 4. The molecule has 0 aliphatic carbocycles. The van der Waals surface area contributed by atoms with Crippen LogP contribution in [0.4, 0.5) is 4.39 Å². The summed E-state index contributed by atoms with van der Waals surface area (Å²) in [7, 11) is 0. The molecule has 0 bridgehead atoms. The van der Waals surface area contributed by atoms with Gasteiger partial charge >= 0.3 is 17.9 Å². The van der Waals surface area contributed by atoms with Crippen LogP contribution >= 0.6 is 15.9 Å². The third-order valence-corrected chi connectivity index (χ3v) is 3.93. The first kappa shape index (κ1) is 21.0. The standard InChI is InChI=1S/C18H18BrFO7/c1-10(21)24-16-15(27-17(23)12-6-4-3-5-7-12)13(8-9-14(19)20)26-18(16)25-11(2)22/h3-7,9,13,15-16,18H,8H2,1-2H3/b14-9+/t13-,15-,16-,18-/m1/s1. The minimum atomic E-state index is -1.28. The van der Waals surface area contributed by atoms with Gasteiger partial charge in [0.2, 0.25) is 12.4 Å². The number of carbonyl (C=O) groups excluding carboxylic acids is 3. The Morgan fingerprint density at radius 3 is 2.26 bits per heavy atom. The van der Waals surface area contributed by atoms with Crippen molar-refractivity contribution < 1.29 is 37.7 Å². The molecule has 1 aromatic rings. The van der Waals surface area contributed by atoms with Gasteiger partial charge in [0, 0.05) is 13.8 Å². The number of esters is 3. The highest BCUT2D eigenvalue weighted by Gasteiger charge is 2.50. The van der Waals surface area contributed by atoms with Crippen molar-refractivity contribution in [3.05, 3.63) is 46.7 Å². The molecule has 0 saturated carbocycles. The van der Waals surface area contributed by atoms with Crippen LogP contribution in [0, 0.1) is 0 Å². The van der Waals surface area contributed by atoms with E-state index in [1.165, 1.54) is 0 Å². The van der Waals surface area contributed by atoms with Gasteiger partial charge in [-0.1, -0.05) is 18.2 Å². The van der Waals surface area contributed by atoms with Crippen LogP contribution in [0.2, 0.25) is 0 Å². The van der Waals surface area contributed by atoms with E-state index in [1.807, 2.05) is 0 Å². The van der Waals surface area contributed by atoms with Gasteiger partial charge in [-0.05, 0) is 40.6 Å². The van der Waals surface area contributed by atoms with Gasteiger partial charge in [0.15, 0.2) is 10.8 Å². The van der Waals surface area contributed by atoms with Crippen molar-refractivity contribution in [2.24, 2.45) is 0 Å². The Hall–Kier alpha value is -2.26.